The molecule has 1 aliphatic rings. The van der Waals surface area contributed by atoms with E-state index in [-0.39, 0.29) is 6.42 Å². The van der Waals surface area contributed by atoms with Crippen LogP contribution in [0, 0.1) is 0 Å². The van der Waals surface area contributed by atoms with Gasteiger partial charge in [-0.1, -0.05) is 0 Å². The van der Waals surface area contributed by atoms with E-state index in [2.05, 4.69) is 0 Å². The molecule has 0 aromatic rings. The van der Waals surface area contributed by atoms with Crippen molar-refractivity contribution >= 4 is 7.37 Å². The van der Waals surface area contributed by atoms with E-state index in [9.17, 15) is 4.57 Å². The molecule has 1 aliphatic heterocycles. The van der Waals surface area contributed by atoms with Gasteiger partial charge in [-0.15, -0.1) is 0 Å². The molecular formula is C5H11O5P. The average Bonchev–Trinajstić information content (AvgIpc) is 2.04. The zero-order valence-electron chi connectivity index (χ0n) is 5.79. The molecule has 0 aliphatic carbocycles. The highest BCUT2D eigenvalue weighted by molar-refractivity contribution is 7.59. The molecular weight excluding hydrogens is 171 g/mol. The van der Waals surface area contributed by atoms with E-state index >= 15 is 0 Å². The zero-order valence-corrected chi connectivity index (χ0v) is 6.69. The summed E-state index contributed by atoms with van der Waals surface area (Å²) >= 11 is 0. The van der Waals surface area contributed by atoms with Crippen LogP contribution >= 0.6 is 7.37 Å². The van der Waals surface area contributed by atoms with Gasteiger partial charge in [-0.25, -0.2) is 0 Å². The summed E-state index contributed by atoms with van der Waals surface area (Å²) in [5.74, 6) is -1.38. The molecule has 2 unspecified atom stereocenters. The minimum Gasteiger partial charge on any atom is -0.395 e. The minimum absolute atomic E-state index is 0.126. The van der Waals surface area contributed by atoms with E-state index in [1.807, 2.05) is 0 Å². The molecule has 4 atom stereocenters. The van der Waals surface area contributed by atoms with Gasteiger partial charge in [0.25, 0.3) is 0 Å². The summed E-state index contributed by atoms with van der Waals surface area (Å²) in [4.78, 5) is 9.08. The van der Waals surface area contributed by atoms with Gasteiger partial charge in [0.1, 0.15) is 5.85 Å². The number of hydrogen-bond acceptors (Lipinski definition) is 4. The Kier molecular flexibility index (Phi) is 2.37. The Bertz CT molecular complexity index is 193. The van der Waals surface area contributed by atoms with Crippen LogP contribution in [-0.4, -0.2) is 44.4 Å². The molecule has 0 amide bonds. The Balaban J connectivity index is 2.85. The number of aliphatic hydroxyl groups excluding tert-OH is 3. The number of aliphatic hydroxyl groups is 3. The summed E-state index contributed by atoms with van der Waals surface area (Å²) in [6.45, 7) is -0.563. The fourth-order valence-electron chi connectivity index (χ4n) is 1.23. The van der Waals surface area contributed by atoms with Crippen LogP contribution in [-0.2, 0) is 4.57 Å². The molecule has 1 rings (SSSR count). The van der Waals surface area contributed by atoms with Gasteiger partial charge in [0, 0.05) is 6.42 Å². The summed E-state index contributed by atoms with van der Waals surface area (Å²) in [7, 11) is -3.74. The van der Waals surface area contributed by atoms with Crippen LogP contribution in [0.5, 0.6) is 0 Å². The normalized spacial score (nSPS) is 51.5. The fraction of sp³-hybridized carbons (Fsp3) is 1.00. The Morgan fingerprint density at radius 3 is 2.18 bits per heavy atom. The molecule has 11 heavy (non-hydrogen) atoms. The van der Waals surface area contributed by atoms with Gasteiger partial charge in [-0.05, 0) is 0 Å². The van der Waals surface area contributed by atoms with Gasteiger partial charge in [0.15, 0.2) is 0 Å². The van der Waals surface area contributed by atoms with Crippen LogP contribution in [0.1, 0.15) is 6.42 Å². The van der Waals surface area contributed by atoms with Gasteiger partial charge in [0.2, 0.25) is 7.37 Å². The van der Waals surface area contributed by atoms with Crippen LogP contribution in [0.2, 0.25) is 0 Å². The fourth-order valence-corrected chi connectivity index (χ4v) is 3.04. The lowest BCUT2D eigenvalue weighted by Gasteiger charge is -2.15. The molecule has 6 heteroatoms. The first kappa shape index (κ1) is 9.16. The van der Waals surface area contributed by atoms with E-state index in [0.717, 1.165) is 0 Å². The van der Waals surface area contributed by atoms with Gasteiger partial charge < -0.3 is 20.2 Å². The average molecular weight is 182 g/mol. The molecule has 5 nitrogen and oxygen atoms in total. The highest BCUT2D eigenvalue weighted by atomic mass is 31.2. The Hall–Kier alpha value is 0.0700. The van der Waals surface area contributed by atoms with Gasteiger partial charge >= 0.3 is 0 Å². The van der Waals surface area contributed by atoms with Crippen molar-refractivity contribution in [2.24, 2.45) is 0 Å². The molecule has 0 saturated carbocycles. The van der Waals surface area contributed by atoms with Crippen molar-refractivity contribution in [3.63, 3.8) is 0 Å². The quantitative estimate of drug-likeness (QED) is 0.378. The van der Waals surface area contributed by atoms with E-state index in [4.69, 9.17) is 20.2 Å². The molecule has 0 bridgehead atoms. The maximum atomic E-state index is 11.1. The molecule has 1 heterocycles. The van der Waals surface area contributed by atoms with Gasteiger partial charge in [-0.3, -0.25) is 4.57 Å². The molecule has 0 radical (unpaired) electrons. The first-order chi connectivity index (χ1) is 5.00. The van der Waals surface area contributed by atoms with Crippen LogP contribution in [0.15, 0.2) is 0 Å². The summed E-state index contributed by atoms with van der Waals surface area (Å²) < 4.78 is 11.1. The first-order valence-electron chi connectivity index (χ1n) is 3.29. The molecule has 66 valence electrons. The van der Waals surface area contributed by atoms with Crippen LogP contribution in [0.4, 0.5) is 0 Å². The van der Waals surface area contributed by atoms with Crippen molar-refractivity contribution in [2.45, 2.75) is 24.0 Å². The smallest absolute Gasteiger partial charge is 0.236 e. The SMILES string of the molecule is O=P1(O)C(O)C[C@H](O)[C@@H]1CO. The van der Waals surface area contributed by atoms with Crippen LogP contribution in [0.25, 0.3) is 0 Å². The Morgan fingerprint density at radius 2 is 2.00 bits per heavy atom. The minimum atomic E-state index is -3.74. The highest BCUT2D eigenvalue weighted by Crippen LogP contribution is 2.58. The second-order valence-corrected chi connectivity index (χ2v) is 5.31. The molecule has 0 aromatic heterocycles. The first-order valence-corrected chi connectivity index (χ1v) is 5.09. The third kappa shape index (κ3) is 1.35. The van der Waals surface area contributed by atoms with Crippen LogP contribution in [0.3, 0.4) is 0 Å². The monoisotopic (exact) mass is 182 g/mol. The Labute approximate surface area is 63.7 Å². The lowest BCUT2D eigenvalue weighted by molar-refractivity contribution is 0.118. The second kappa shape index (κ2) is 2.84. The molecule has 1 saturated heterocycles. The van der Waals surface area contributed by atoms with E-state index in [0.29, 0.717) is 0 Å². The van der Waals surface area contributed by atoms with E-state index < -0.39 is 31.6 Å². The van der Waals surface area contributed by atoms with Crippen molar-refractivity contribution in [1.29, 1.82) is 0 Å². The summed E-state index contributed by atoms with van der Waals surface area (Å²) in [6, 6.07) is 0. The van der Waals surface area contributed by atoms with Gasteiger partial charge in [-0.2, -0.15) is 0 Å². The third-order valence-electron chi connectivity index (χ3n) is 1.99. The molecule has 0 aromatic carbocycles. The lowest BCUT2D eigenvalue weighted by Crippen LogP contribution is -2.22. The molecule has 0 spiro atoms. The van der Waals surface area contributed by atoms with E-state index in [1.54, 1.807) is 0 Å². The summed E-state index contributed by atoms with van der Waals surface area (Å²) in [5.41, 5.74) is -1.07. The zero-order chi connectivity index (χ0) is 8.65. The molecule has 4 N–H and O–H groups in total. The maximum Gasteiger partial charge on any atom is 0.236 e. The van der Waals surface area contributed by atoms with E-state index in [1.165, 1.54) is 0 Å². The third-order valence-corrected chi connectivity index (χ3v) is 4.51. The maximum absolute atomic E-state index is 11.1. The highest BCUT2D eigenvalue weighted by Gasteiger charge is 2.49. The largest absolute Gasteiger partial charge is 0.395 e. The van der Waals surface area contributed by atoms with Crippen molar-refractivity contribution < 1.29 is 24.8 Å². The predicted molar refractivity (Wildman–Crippen MR) is 37.3 cm³/mol. The lowest BCUT2D eigenvalue weighted by atomic mass is 10.2. The van der Waals surface area contributed by atoms with Crippen LogP contribution < -0.4 is 0 Å². The van der Waals surface area contributed by atoms with Crippen molar-refractivity contribution in [2.75, 3.05) is 6.61 Å². The Morgan fingerprint density at radius 1 is 1.45 bits per heavy atom. The van der Waals surface area contributed by atoms with Gasteiger partial charge in [0.05, 0.1) is 18.4 Å². The summed E-state index contributed by atoms with van der Waals surface area (Å²) in [6.07, 6.45) is -1.19. The second-order valence-electron chi connectivity index (χ2n) is 2.71. The predicted octanol–water partition coefficient (Wildman–Crippen LogP) is -1.30. The van der Waals surface area contributed by atoms with Crippen molar-refractivity contribution in [1.82, 2.24) is 0 Å². The van der Waals surface area contributed by atoms with Crippen molar-refractivity contribution in [3.05, 3.63) is 0 Å². The standard InChI is InChI=1S/C5H11O5P/c6-2-4-3(7)1-5(8)11(4,9)10/h3-8H,1-2H2,(H,9,10)/t3-,4-,5?/m0/s1. The van der Waals surface area contributed by atoms with Crippen molar-refractivity contribution in [3.8, 4) is 0 Å². The number of hydrogen-bond donors (Lipinski definition) is 4. The summed E-state index contributed by atoms with van der Waals surface area (Å²) in [5, 5.41) is 26.6. The molecule has 1 fully saturated rings. The topological polar surface area (TPSA) is 98.0 Å². The number of rotatable bonds is 1.